The highest BCUT2D eigenvalue weighted by Gasteiger charge is 2.14. The fourth-order valence-electron chi connectivity index (χ4n) is 3.15. The van der Waals surface area contributed by atoms with Crippen molar-refractivity contribution in [1.29, 1.82) is 0 Å². The summed E-state index contributed by atoms with van der Waals surface area (Å²) in [5.74, 6) is 1.99. The van der Waals surface area contributed by atoms with E-state index in [-0.39, 0.29) is 6.04 Å². The Morgan fingerprint density at radius 3 is 2.62 bits per heavy atom. The Bertz CT molecular complexity index is 1010. The molecule has 0 aliphatic carbocycles. The summed E-state index contributed by atoms with van der Waals surface area (Å²) in [6.45, 7) is 4.81. The molecule has 3 rings (SSSR count). The van der Waals surface area contributed by atoms with Gasteiger partial charge in [-0.2, -0.15) is 0 Å². The van der Waals surface area contributed by atoms with Crippen molar-refractivity contribution < 1.29 is 9.47 Å². The van der Waals surface area contributed by atoms with Crippen LogP contribution in [0.1, 0.15) is 25.3 Å². The summed E-state index contributed by atoms with van der Waals surface area (Å²) in [7, 11) is 1.65. The minimum atomic E-state index is 0.267. The topological polar surface area (TPSA) is 69.4 Å². The van der Waals surface area contributed by atoms with Crippen LogP contribution in [0.2, 0.25) is 10.0 Å². The summed E-state index contributed by atoms with van der Waals surface area (Å²) in [5.41, 5.74) is 8.38. The van der Waals surface area contributed by atoms with Crippen molar-refractivity contribution in [3.05, 3.63) is 52.1 Å². The van der Waals surface area contributed by atoms with E-state index in [1.807, 2.05) is 19.1 Å². The monoisotopic (exact) mass is 433 g/mol. The number of fused-ring (bicyclic) bond motifs is 1. The molecule has 0 saturated heterocycles. The van der Waals surface area contributed by atoms with Crippen LogP contribution < -0.4 is 20.5 Å². The van der Waals surface area contributed by atoms with Gasteiger partial charge in [-0.3, -0.25) is 4.98 Å². The number of anilines is 1. The van der Waals surface area contributed by atoms with Gasteiger partial charge in [0.25, 0.3) is 0 Å². The summed E-state index contributed by atoms with van der Waals surface area (Å²) in [6.07, 6.45) is 3.67. The fourth-order valence-corrected chi connectivity index (χ4v) is 3.43. The summed E-state index contributed by atoms with van der Waals surface area (Å²) in [6, 6.07) is 9.36. The van der Waals surface area contributed by atoms with Crippen molar-refractivity contribution >= 4 is 39.8 Å². The number of nitrogens with two attached hydrogens (primary N) is 1. The molecule has 0 aliphatic heterocycles. The van der Waals surface area contributed by atoms with Gasteiger partial charge in [-0.05, 0) is 51.4 Å². The molecule has 0 radical (unpaired) electrons. The minimum absolute atomic E-state index is 0.267. The SMILES string of the molecule is COc1cc(NC(C)CCCN)c2ncc(Oc3ccc(Cl)c(Cl)c3)c(C)c2c1. The Morgan fingerprint density at radius 2 is 1.93 bits per heavy atom. The second-order valence-electron chi connectivity index (χ2n) is 6.97. The zero-order chi connectivity index (χ0) is 21.0. The molecule has 29 heavy (non-hydrogen) atoms. The van der Waals surface area contributed by atoms with Crippen molar-refractivity contribution in [3.63, 3.8) is 0 Å². The molecule has 1 atom stereocenters. The lowest BCUT2D eigenvalue weighted by Crippen LogP contribution is -2.17. The maximum absolute atomic E-state index is 6.10. The smallest absolute Gasteiger partial charge is 0.149 e. The van der Waals surface area contributed by atoms with Crippen molar-refractivity contribution in [2.45, 2.75) is 32.7 Å². The second kappa shape index (κ2) is 9.53. The number of rotatable bonds is 8. The number of aryl methyl sites for hydroxylation is 1. The van der Waals surface area contributed by atoms with Crippen molar-refractivity contribution in [2.75, 3.05) is 19.0 Å². The standard InChI is InChI=1S/C22H25Cl2N3O2/c1-13(5-4-8-25)27-20-11-16(28-3)9-17-14(2)21(12-26-22(17)20)29-15-6-7-18(23)19(24)10-15/h6-7,9-13,27H,4-5,8,25H2,1-3H3. The maximum Gasteiger partial charge on any atom is 0.149 e. The average molecular weight is 434 g/mol. The van der Waals surface area contributed by atoms with E-state index < -0.39 is 0 Å². The van der Waals surface area contributed by atoms with Gasteiger partial charge in [0.15, 0.2) is 0 Å². The molecule has 0 spiro atoms. The lowest BCUT2D eigenvalue weighted by Gasteiger charge is -2.19. The zero-order valence-electron chi connectivity index (χ0n) is 16.8. The van der Waals surface area contributed by atoms with Crippen LogP contribution in [0.5, 0.6) is 17.2 Å². The summed E-state index contributed by atoms with van der Waals surface area (Å²) in [4.78, 5) is 4.66. The van der Waals surface area contributed by atoms with Crippen LogP contribution in [-0.2, 0) is 0 Å². The molecule has 1 heterocycles. The molecule has 0 saturated carbocycles. The van der Waals surface area contributed by atoms with Crippen LogP contribution in [0.25, 0.3) is 10.9 Å². The Kier molecular flexibility index (Phi) is 7.06. The van der Waals surface area contributed by atoms with Crippen LogP contribution in [-0.4, -0.2) is 24.7 Å². The number of hydrogen-bond donors (Lipinski definition) is 2. The van der Waals surface area contributed by atoms with E-state index in [2.05, 4.69) is 17.2 Å². The first-order valence-corrected chi connectivity index (χ1v) is 10.3. The van der Waals surface area contributed by atoms with Gasteiger partial charge >= 0.3 is 0 Å². The molecule has 3 aromatic rings. The highest BCUT2D eigenvalue weighted by molar-refractivity contribution is 6.42. The quantitative estimate of drug-likeness (QED) is 0.442. The number of ether oxygens (including phenoxy) is 2. The van der Waals surface area contributed by atoms with Gasteiger partial charge in [-0.25, -0.2) is 0 Å². The molecule has 5 nitrogen and oxygen atoms in total. The van der Waals surface area contributed by atoms with E-state index in [0.29, 0.717) is 28.1 Å². The number of pyridine rings is 1. The number of halogens is 2. The first-order valence-electron chi connectivity index (χ1n) is 9.49. The van der Waals surface area contributed by atoms with Gasteiger partial charge < -0.3 is 20.5 Å². The molecule has 0 fully saturated rings. The van der Waals surface area contributed by atoms with Crippen LogP contribution in [0, 0.1) is 6.92 Å². The van der Waals surface area contributed by atoms with E-state index >= 15 is 0 Å². The average Bonchev–Trinajstić information content (AvgIpc) is 2.71. The molecule has 1 unspecified atom stereocenters. The Hall–Kier alpha value is -2.21. The molecule has 0 bridgehead atoms. The zero-order valence-corrected chi connectivity index (χ0v) is 18.3. The maximum atomic E-state index is 6.10. The molecule has 154 valence electrons. The first-order chi connectivity index (χ1) is 13.9. The van der Waals surface area contributed by atoms with Crippen LogP contribution in [0.4, 0.5) is 5.69 Å². The number of nitrogens with one attached hydrogen (secondary N) is 1. The molecule has 0 aliphatic rings. The number of methoxy groups -OCH3 is 1. The van der Waals surface area contributed by atoms with Gasteiger partial charge in [0.05, 0.1) is 34.6 Å². The molecule has 3 N–H and O–H groups in total. The third-order valence-electron chi connectivity index (χ3n) is 4.77. The van der Waals surface area contributed by atoms with Crippen LogP contribution in [0.15, 0.2) is 36.5 Å². The van der Waals surface area contributed by atoms with Gasteiger partial charge in [-0.15, -0.1) is 0 Å². The van der Waals surface area contributed by atoms with Gasteiger partial charge in [0, 0.05) is 29.1 Å². The van der Waals surface area contributed by atoms with Gasteiger partial charge in [0.2, 0.25) is 0 Å². The lowest BCUT2D eigenvalue weighted by atomic mass is 10.1. The predicted octanol–water partition coefficient (Wildman–Crippen LogP) is 6.19. The second-order valence-corrected chi connectivity index (χ2v) is 7.79. The molecular weight excluding hydrogens is 409 g/mol. The number of aromatic nitrogens is 1. The van der Waals surface area contributed by atoms with Crippen LogP contribution in [0.3, 0.4) is 0 Å². The molecule has 0 amide bonds. The number of hydrogen-bond acceptors (Lipinski definition) is 5. The van der Waals surface area contributed by atoms with Crippen molar-refractivity contribution in [2.24, 2.45) is 5.73 Å². The lowest BCUT2D eigenvalue weighted by molar-refractivity contribution is 0.415. The van der Waals surface area contributed by atoms with E-state index in [9.17, 15) is 0 Å². The summed E-state index contributed by atoms with van der Waals surface area (Å²) < 4.78 is 11.5. The number of nitrogens with zero attached hydrogens (tertiary/aromatic N) is 1. The fraction of sp³-hybridized carbons (Fsp3) is 0.318. The Morgan fingerprint density at radius 1 is 1.14 bits per heavy atom. The number of benzene rings is 2. The first kappa shape index (κ1) is 21.5. The van der Waals surface area contributed by atoms with Gasteiger partial charge in [0.1, 0.15) is 17.2 Å². The summed E-state index contributed by atoms with van der Waals surface area (Å²) in [5, 5.41) is 5.41. The Balaban J connectivity index is 1.98. The molecular formula is C22H25Cl2N3O2. The molecule has 2 aromatic carbocycles. The minimum Gasteiger partial charge on any atom is -0.497 e. The molecule has 7 heteroatoms. The van der Waals surface area contributed by atoms with E-state index in [1.54, 1.807) is 31.5 Å². The third kappa shape index (κ3) is 5.04. The summed E-state index contributed by atoms with van der Waals surface area (Å²) >= 11 is 12.1. The highest BCUT2D eigenvalue weighted by Crippen LogP contribution is 2.36. The highest BCUT2D eigenvalue weighted by atomic mass is 35.5. The van der Waals surface area contributed by atoms with Crippen LogP contribution >= 0.6 is 23.2 Å². The normalized spacial score (nSPS) is 12.1. The van der Waals surface area contributed by atoms with Gasteiger partial charge in [-0.1, -0.05) is 23.2 Å². The third-order valence-corrected chi connectivity index (χ3v) is 5.50. The predicted molar refractivity (Wildman–Crippen MR) is 121 cm³/mol. The van der Waals surface area contributed by atoms with E-state index in [4.69, 9.17) is 38.4 Å². The van der Waals surface area contributed by atoms with E-state index in [0.717, 1.165) is 40.7 Å². The van der Waals surface area contributed by atoms with Crippen molar-refractivity contribution in [3.8, 4) is 17.2 Å². The molecule has 1 aromatic heterocycles. The van der Waals surface area contributed by atoms with E-state index in [1.165, 1.54) is 0 Å². The van der Waals surface area contributed by atoms with Crippen molar-refractivity contribution in [1.82, 2.24) is 4.98 Å². The largest absolute Gasteiger partial charge is 0.497 e. The Labute approximate surface area is 181 Å².